The molecule has 0 aliphatic heterocycles. The molecule has 0 aliphatic rings. The molecule has 1 aromatic carbocycles. The van der Waals surface area contributed by atoms with Crippen molar-refractivity contribution in [1.82, 2.24) is 0 Å². The molecule has 0 aliphatic carbocycles. The van der Waals surface area contributed by atoms with E-state index in [-0.39, 0.29) is 12.5 Å². The molecular formula is C12H16O2. The highest BCUT2D eigenvalue weighted by atomic mass is 16.3. The Morgan fingerprint density at radius 2 is 1.93 bits per heavy atom. The van der Waals surface area contributed by atoms with E-state index in [0.717, 1.165) is 11.1 Å². The van der Waals surface area contributed by atoms with Crippen LogP contribution in [0.15, 0.2) is 36.9 Å². The molecule has 76 valence electrons. The van der Waals surface area contributed by atoms with Gasteiger partial charge in [0.1, 0.15) is 0 Å². The highest BCUT2D eigenvalue weighted by Crippen LogP contribution is 2.22. The maximum absolute atomic E-state index is 9.82. The lowest BCUT2D eigenvalue weighted by molar-refractivity contribution is 0.140. The number of hydrogen-bond acceptors (Lipinski definition) is 2. The van der Waals surface area contributed by atoms with Gasteiger partial charge in [-0.1, -0.05) is 37.3 Å². The van der Waals surface area contributed by atoms with Gasteiger partial charge in [0, 0.05) is 5.92 Å². The van der Waals surface area contributed by atoms with E-state index < -0.39 is 6.10 Å². The van der Waals surface area contributed by atoms with E-state index >= 15 is 0 Å². The molecule has 0 heterocycles. The average Bonchev–Trinajstić information content (AvgIpc) is 2.27. The summed E-state index contributed by atoms with van der Waals surface area (Å²) in [6, 6.07) is 7.29. The quantitative estimate of drug-likeness (QED) is 0.717. The molecule has 0 amide bonds. The van der Waals surface area contributed by atoms with Gasteiger partial charge in [0.15, 0.2) is 0 Å². The van der Waals surface area contributed by atoms with E-state index in [1.54, 1.807) is 6.08 Å². The van der Waals surface area contributed by atoms with Gasteiger partial charge in [0.25, 0.3) is 0 Å². The molecule has 2 heteroatoms. The lowest BCUT2D eigenvalue weighted by Gasteiger charge is -2.15. The molecule has 1 aromatic rings. The summed E-state index contributed by atoms with van der Waals surface area (Å²) in [5.41, 5.74) is 1.71. The Bertz CT molecular complexity index is 290. The zero-order chi connectivity index (χ0) is 10.6. The fraction of sp³-hybridized carbons (Fsp3) is 0.333. The fourth-order valence-electron chi connectivity index (χ4n) is 1.25. The van der Waals surface area contributed by atoms with E-state index in [1.807, 2.05) is 31.2 Å². The smallest absolute Gasteiger partial charge is 0.0849 e. The van der Waals surface area contributed by atoms with Crippen molar-refractivity contribution in [1.29, 1.82) is 0 Å². The van der Waals surface area contributed by atoms with E-state index in [9.17, 15) is 5.11 Å². The Morgan fingerprint density at radius 1 is 1.36 bits per heavy atom. The van der Waals surface area contributed by atoms with Crippen LogP contribution in [0.3, 0.4) is 0 Å². The van der Waals surface area contributed by atoms with Crippen LogP contribution in [0.4, 0.5) is 0 Å². The molecule has 2 nitrogen and oxygen atoms in total. The topological polar surface area (TPSA) is 40.5 Å². The monoisotopic (exact) mass is 192 g/mol. The molecule has 0 saturated heterocycles. The Morgan fingerprint density at radius 3 is 2.36 bits per heavy atom. The van der Waals surface area contributed by atoms with Crippen molar-refractivity contribution in [3.05, 3.63) is 48.0 Å². The molecule has 0 saturated carbocycles. The second-order valence-electron chi connectivity index (χ2n) is 3.44. The molecule has 2 N–H and O–H groups in total. The lowest BCUT2D eigenvalue weighted by atomic mass is 9.97. The third kappa shape index (κ3) is 2.44. The second-order valence-corrected chi connectivity index (χ2v) is 3.44. The first-order valence-corrected chi connectivity index (χ1v) is 4.69. The van der Waals surface area contributed by atoms with Crippen molar-refractivity contribution in [2.75, 3.05) is 0 Å². The number of benzene rings is 1. The van der Waals surface area contributed by atoms with Gasteiger partial charge in [-0.2, -0.15) is 0 Å². The minimum atomic E-state index is -0.514. The second kappa shape index (κ2) is 4.94. The normalized spacial score (nSPS) is 14.8. The van der Waals surface area contributed by atoms with Crippen LogP contribution >= 0.6 is 0 Å². The van der Waals surface area contributed by atoms with Gasteiger partial charge < -0.3 is 10.2 Å². The van der Waals surface area contributed by atoms with Gasteiger partial charge in [-0.05, 0) is 11.1 Å². The highest BCUT2D eigenvalue weighted by Gasteiger charge is 2.12. The van der Waals surface area contributed by atoms with Crippen molar-refractivity contribution < 1.29 is 10.2 Å². The molecule has 0 fully saturated rings. The predicted molar refractivity (Wildman–Crippen MR) is 56.7 cm³/mol. The average molecular weight is 192 g/mol. The van der Waals surface area contributed by atoms with Crippen LogP contribution in [0.25, 0.3) is 0 Å². The van der Waals surface area contributed by atoms with Crippen molar-refractivity contribution >= 4 is 0 Å². The summed E-state index contributed by atoms with van der Waals surface area (Å²) in [5.74, 6) is 0.0370. The number of aliphatic hydroxyl groups excluding tert-OH is 2. The SMILES string of the molecule is C=CC(C)C(O)c1ccc(CO)cc1. The summed E-state index contributed by atoms with van der Waals surface area (Å²) in [6.45, 7) is 5.59. The van der Waals surface area contributed by atoms with Gasteiger partial charge in [0.05, 0.1) is 12.7 Å². The molecule has 0 radical (unpaired) electrons. The van der Waals surface area contributed by atoms with Gasteiger partial charge in [0.2, 0.25) is 0 Å². The van der Waals surface area contributed by atoms with E-state index in [1.165, 1.54) is 0 Å². The minimum Gasteiger partial charge on any atom is -0.392 e. The van der Waals surface area contributed by atoms with Gasteiger partial charge in [-0.25, -0.2) is 0 Å². The summed E-state index contributed by atoms with van der Waals surface area (Å²) < 4.78 is 0. The highest BCUT2D eigenvalue weighted by molar-refractivity contribution is 5.24. The van der Waals surface area contributed by atoms with E-state index in [4.69, 9.17) is 5.11 Å². The van der Waals surface area contributed by atoms with Crippen LogP contribution in [0, 0.1) is 5.92 Å². The maximum Gasteiger partial charge on any atom is 0.0849 e. The van der Waals surface area contributed by atoms with Crippen LogP contribution in [-0.4, -0.2) is 10.2 Å². The predicted octanol–water partition coefficient (Wildman–Crippen LogP) is 2.03. The molecule has 2 atom stereocenters. The van der Waals surface area contributed by atoms with Gasteiger partial charge in [-0.3, -0.25) is 0 Å². The number of hydrogen-bond donors (Lipinski definition) is 2. The van der Waals surface area contributed by atoms with Crippen molar-refractivity contribution in [2.24, 2.45) is 5.92 Å². The van der Waals surface area contributed by atoms with Crippen LogP contribution in [-0.2, 0) is 6.61 Å². The summed E-state index contributed by atoms with van der Waals surface area (Å²) >= 11 is 0. The molecule has 0 aromatic heterocycles. The maximum atomic E-state index is 9.82. The largest absolute Gasteiger partial charge is 0.392 e. The van der Waals surface area contributed by atoms with Crippen molar-refractivity contribution in [3.63, 3.8) is 0 Å². The molecule has 2 unspecified atom stereocenters. The zero-order valence-corrected chi connectivity index (χ0v) is 8.35. The van der Waals surface area contributed by atoms with E-state index in [0.29, 0.717) is 0 Å². The molecule has 1 rings (SSSR count). The van der Waals surface area contributed by atoms with Crippen LogP contribution in [0.2, 0.25) is 0 Å². The first-order chi connectivity index (χ1) is 6.69. The summed E-state index contributed by atoms with van der Waals surface area (Å²) in [6.07, 6.45) is 1.21. The van der Waals surface area contributed by atoms with Gasteiger partial charge >= 0.3 is 0 Å². The Labute approximate surface area is 84.5 Å². The number of aliphatic hydroxyl groups is 2. The Balaban J connectivity index is 2.80. The van der Waals surface area contributed by atoms with Gasteiger partial charge in [-0.15, -0.1) is 6.58 Å². The minimum absolute atomic E-state index is 0.0351. The van der Waals surface area contributed by atoms with E-state index in [2.05, 4.69) is 6.58 Å². The Hall–Kier alpha value is -1.12. The fourth-order valence-corrected chi connectivity index (χ4v) is 1.25. The molecule has 0 bridgehead atoms. The van der Waals surface area contributed by atoms with Crippen LogP contribution in [0.5, 0.6) is 0 Å². The van der Waals surface area contributed by atoms with Crippen molar-refractivity contribution in [3.8, 4) is 0 Å². The summed E-state index contributed by atoms with van der Waals surface area (Å²) in [4.78, 5) is 0. The molecular weight excluding hydrogens is 176 g/mol. The lowest BCUT2D eigenvalue weighted by Crippen LogP contribution is -2.06. The third-order valence-corrected chi connectivity index (χ3v) is 2.37. The number of rotatable bonds is 4. The van der Waals surface area contributed by atoms with Crippen LogP contribution in [0.1, 0.15) is 24.2 Å². The molecule has 0 spiro atoms. The summed E-state index contributed by atoms with van der Waals surface area (Å²) in [7, 11) is 0. The molecule has 14 heavy (non-hydrogen) atoms. The van der Waals surface area contributed by atoms with Crippen LogP contribution < -0.4 is 0 Å². The summed E-state index contributed by atoms with van der Waals surface area (Å²) in [5, 5.41) is 18.7. The first kappa shape index (κ1) is 11.0. The zero-order valence-electron chi connectivity index (χ0n) is 8.35. The first-order valence-electron chi connectivity index (χ1n) is 4.69. The Kier molecular flexibility index (Phi) is 3.86. The standard InChI is InChI=1S/C12H16O2/c1-3-9(2)12(14)11-6-4-10(8-13)5-7-11/h3-7,9,12-14H,1,8H2,2H3. The van der Waals surface area contributed by atoms with Crippen molar-refractivity contribution in [2.45, 2.75) is 19.6 Å². The third-order valence-electron chi connectivity index (χ3n) is 2.37.